The van der Waals surface area contributed by atoms with Gasteiger partial charge in [-0.05, 0) is 30.5 Å². The minimum absolute atomic E-state index is 0. The van der Waals surface area contributed by atoms with Gasteiger partial charge in [0.1, 0.15) is 0 Å². The third-order valence-corrected chi connectivity index (χ3v) is 5.21. The zero-order valence-corrected chi connectivity index (χ0v) is 19.0. The molecule has 2 aromatic carbocycles. The molecule has 0 saturated heterocycles. The first-order chi connectivity index (χ1) is 13.1. The van der Waals surface area contributed by atoms with Gasteiger partial charge >= 0.3 is 0 Å². The van der Waals surface area contributed by atoms with Crippen LogP contribution in [0.4, 0.5) is 0 Å². The lowest BCUT2D eigenvalue weighted by molar-refractivity contribution is 0.0954. The van der Waals surface area contributed by atoms with Crippen LogP contribution in [0.5, 0.6) is 0 Å². The van der Waals surface area contributed by atoms with Crippen LogP contribution < -0.4 is 16.0 Å². The van der Waals surface area contributed by atoms with E-state index in [1.807, 2.05) is 6.07 Å². The molecular formula is C21H26ClIN4O. The van der Waals surface area contributed by atoms with Gasteiger partial charge in [-0.3, -0.25) is 9.79 Å². The Labute approximate surface area is 188 Å². The molecule has 0 bridgehead atoms. The maximum atomic E-state index is 12.1. The molecule has 3 N–H and O–H groups in total. The SMILES string of the molecule is CN=C(NCCNC(=O)c1ccccc1Cl)NCC1(c2ccccc2)CC1.I. The Morgan fingerprint density at radius 1 is 1.00 bits per heavy atom. The van der Waals surface area contributed by atoms with E-state index in [-0.39, 0.29) is 35.3 Å². The first-order valence-electron chi connectivity index (χ1n) is 9.17. The Morgan fingerprint density at radius 3 is 2.29 bits per heavy atom. The fourth-order valence-electron chi connectivity index (χ4n) is 3.08. The van der Waals surface area contributed by atoms with E-state index < -0.39 is 0 Å². The monoisotopic (exact) mass is 512 g/mol. The summed E-state index contributed by atoms with van der Waals surface area (Å²) < 4.78 is 0. The van der Waals surface area contributed by atoms with E-state index in [1.165, 1.54) is 18.4 Å². The maximum absolute atomic E-state index is 12.1. The van der Waals surface area contributed by atoms with Gasteiger partial charge in [-0.15, -0.1) is 24.0 Å². The first-order valence-corrected chi connectivity index (χ1v) is 9.55. The number of rotatable bonds is 7. The number of halogens is 2. The molecule has 150 valence electrons. The van der Waals surface area contributed by atoms with Crippen LogP contribution in [0.3, 0.4) is 0 Å². The van der Waals surface area contributed by atoms with Gasteiger partial charge in [0.2, 0.25) is 0 Å². The lowest BCUT2D eigenvalue weighted by Crippen LogP contribution is -2.44. The number of hydrogen-bond donors (Lipinski definition) is 3. The Kier molecular flexibility index (Phi) is 8.57. The number of hydrogen-bond acceptors (Lipinski definition) is 2. The average Bonchev–Trinajstić information content (AvgIpc) is 3.49. The molecule has 0 aliphatic heterocycles. The summed E-state index contributed by atoms with van der Waals surface area (Å²) in [7, 11) is 1.75. The normalized spacial score (nSPS) is 14.6. The van der Waals surface area contributed by atoms with Crippen molar-refractivity contribution in [3.8, 4) is 0 Å². The number of aliphatic imine (C=N–C) groups is 1. The number of benzene rings is 2. The summed E-state index contributed by atoms with van der Waals surface area (Å²) in [5, 5.41) is 9.95. The molecule has 1 aliphatic carbocycles. The molecule has 1 amide bonds. The van der Waals surface area contributed by atoms with Crippen LogP contribution in [0, 0.1) is 0 Å². The van der Waals surface area contributed by atoms with Crippen molar-refractivity contribution in [1.29, 1.82) is 0 Å². The van der Waals surface area contributed by atoms with Crippen LogP contribution in [0.15, 0.2) is 59.6 Å². The molecule has 1 fully saturated rings. The van der Waals surface area contributed by atoms with Crippen molar-refractivity contribution in [2.45, 2.75) is 18.3 Å². The zero-order chi connectivity index (χ0) is 19.1. The predicted molar refractivity (Wildman–Crippen MR) is 126 cm³/mol. The van der Waals surface area contributed by atoms with E-state index >= 15 is 0 Å². The van der Waals surface area contributed by atoms with Crippen LogP contribution in [0.1, 0.15) is 28.8 Å². The van der Waals surface area contributed by atoms with E-state index in [0.29, 0.717) is 23.7 Å². The van der Waals surface area contributed by atoms with Gasteiger partial charge in [-0.25, -0.2) is 0 Å². The second-order valence-electron chi connectivity index (χ2n) is 6.73. The van der Waals surface area contributed by atoms with E-state index in [2.05, 4.69) is 45.2 Å². The molecule has 1 saturated carbocycles. The molecule has 7 heteroatoms. The van der Waals surface area contributed by atoms with Crippen molar-refractivity contribution < 1.29 is 4.79 Å². The van der Waals surface area contributed by atoms with Gasteiger partial charge in [0.05, 0.1) is 10.6 Å². The third-order valence-electron chi connectivity index (χ3n) is 4.88. The zero-order valence-electron chi connectivity index (χ0n) is 15.9. The number of guanidine groups is 1. The summed E-state index contributed by atoms with van der Waals surface area (Å²) in [6.07, 6.45) is 2.38. The second kappa shape index (κ2) is 10.7. The maximum Gasteiger partial charge on any atom is 0.252 e. The smallest absolute Gasteiger partial charge is 0.252 e. The minimum Gasteiger partial charge on any atom is -0.356 e. The second-order valence-corrected chi connectivity index (χ2v) is 7.14. The Hall–Kier alpha value is -1.80. The fourth-order valence-corrected chi connectivity index (χ4v) is 3.30. The molecule has 0 aromatic heterocycles. The lowest BCUT2D eigenvalue weighted by atomic mass is 9.96. The number of nitrogens with one attached hydrogen (secondary N) is 3. The summed E-state index contributed by atoms with van der Waals surface area (Å²) >= 11 is 6.04. The predicted octanol–water partition coefficient (Wildman–Crippen LogP) is 3.58. The van der Waals surface area contributed by atoms with Gasteiger partial charge in [-0.1, -0.05) is 54.1 Å². The van der Waals surface area contributed by atoms with Crippen molar-refractivity contribution in [2.75, 3.05) is 26.7 Å². The van der Waals surface area contributed by atoms with Crippen molar-refractivity contribution >= 4 is 47.4 Å². The number of carbonyl (C=O) groups is 1. The molecule has 1 aliphatic rings. The van der Waals surface area contributed by atoms with E-state index in [4.69, 9.17) is 11.6 Å². The van der Waals surface area contributed by atoms with Crippen LogP contribution in [0.2, 0.25) is 5.02 Å². The highest BCUT2D eigenvalue weighted by Crippen LogP contribution is 2.47. The number of nitrogens with zero attached hydrogens (tertiary/aromatic N) is 1. The average molecular weight is 513 g/mol. The Morgan fingerprint density at radius 2 is 1.64 bits per heavy atom. The Balaban J connectivity index is 0.00000280. The molecule has 0 atom stereocenters. The van der Waals surface area contributed by atoms with E-state index in [1.54, 1.807) is 31.3 Å². The largest absolute Gasteiger partial charge is 0.356 e. The van der Waals surface area contributed by atoms with Gasteiger partial charge in [-0.2, -0.15) is 0 Å². The minimum atomic E-state index is -0.175. The molecule has 5 nitrogen and oxygen atoms in total. The molecule has 0 unspecified atom stereocenters. The highest BCUT2D eigenvalue weighted by atomic mass is 127. The van der Waals surface area contributed by atoms with Crippen molar-refractivity contribution in [3.05, 3.63) is 70.7 Å². The molecule has 0 radical (unpaired) electrons. The Bertz CT molecular complexity index is 809. The van der Waals surface area contributed by atoms with Crippen molar-refractivity contribution in [2.24, 2.45) is 4.99 Å². The number of carbonyl (C=O) groups excluding carboxylic acids is 1. The molecule has 28 heavy (non-hydrogen) atoms. The molecule has 3 rings (SSSR count). The molecular weight excluding hydrogens is 487 g/mol. The first kappa shape index (κ1) is 22.5. The standard InChI is InChI=1S/C21H25ClN4O.HI/c1-23-20(26-15-21(11-12-21)16-7-3-2-4-8-16)25-14-13-24-19(27)17-9-5-6-10-18(17)22;/h2-10H,11-15H2,1H3,(H,24,27)(H2,23,25,26);1H. The highest BCUT2D eigenvalue weighted by molar-refractivity contribution is 14.0. The summed E-state index contributed by atoms with van der Waals surface area (Å²) in [5.41, 5.74) is 2.08. The van der Waals surface area contributed by atoms with Gasteiger partial charge in [0.15, 0.2) is 5.96 Å². The summed E-state index contributed by atoms with van der Waals surface area (Å²) in [5.74, 6) is 0.565. The quantitative estimate of drug-likeness (QED) is 0.230. The lowest BCUT2D eigenvalue weighted by Gasteiger charge is -2.19. The molecule has 0 heterocycles. The third kappa shape index (κ3) is 5.85. The summed E-state index contributed by atoms with van der Waals surface area (Å²) in [6, 6.07) is 17.6. The van der Waals surface area contributed by atoms with E-state index in [0.717, 1.165) is 12.5 Å². The van der Waals surface area contributed by atoms with Crippen LogP contribution in [-0.4, -0.2) is 38.5 Å². The topological polar surface area (TPSA) is 65.5 Å². The highest BCUT2D eigenvalue weighted by Gasteiger charge is 2.43. The summed E-state index contributed by atoms with van der Waals surface area (Å²) in [6.45, 7) is 1.91. The summed E-state index contributed by atoms with van der Waals surface area (Å²) in [4.78, 5) is 16.4. The van der Waals surface area contributed by atoms with Gasteiger partial charge in [0, 0.05) is 32.1 Å². The number of amides is 1. The van der Waals surface area contributed by atoms with Gasteiger partial charge in [0.25, 0.3) is 5.91 Å². The fraction of sp³-hybridized carbons (Fsp3) is 0.333. The van der Waals surface area contributed by atoms with Crippen molar-refractivity contribution in [1.82, 2.24) is 16.0 Å². The van der Waals surface area contributed by atoms with Crippen LogP contribution in [0.25, 0.3) is 0 Å². The van der Waals surface area contributed by atoms with Crippen molar-refractivity contribution in [3.63, 3.8) is 0 Å². The molecule has 0 spiro atoms. The molecule has 2 aromatic rings. The van der Waals surface area contributed by atoms with Crippen LogP contribution >= 0.6 is 35.6 Å². The van der Waals surface area contributed by atoms with E-state index in [9.17, 15) is 4.79 Å². The van der Waals surface area contributed by atoms with Crippen LogP contribution in [-0.2, 0) is 5.41 Å². The van der Waals surface area contributed by atoms with Gasteiger partial charge < -0.3 is 16.0 Å².